The molecule has 6 heteroatoms. The van der Waals surface area contributed by atoms with Crippen molar-refractivity contribution in [2.75, 3.05) is 26.7 Å². The quantitative estimate of drug-likeness (QED) is 0.917. The van der Waals surface area contributed by atoms with Gasteiger partial charge in [-0.15, -0.1) is 0 Å². The fourth-order valence-electron chi connectivity index (χ4n) is 3.75. The molecule has 0 saturated carbocycles. The number of para-hydroxylation sites is 1. The van der Waals surface area contributed by atoms with E-state index in [4.69, 9.17) is 4.42 Å². The smallest absolute Gasteiger partial charge is 0.225 e. The number of fused-ring (bicyclic) bond motifs is 1. The molecule has 0 bridgehead atoms. The van der Waals surface area contributed by atoms with E-state index in [0.29, 0.717) is 13.0 Å². The molecule has 2 fully saturated rings. The van der Waals surface area contributed by atoms with Crippen LogP contribution in [0.3, 0.4) is 0 Å². The molecule has 0 spiro atoms. The lowest BCUT2D eigenvalue weighted by Gasteiger charge is -2.44. The Balaban J connectivity index is 1.36. The molecule has 1 unspecified atom stereocenters. The number of hydrogen-bond acceptors (Lipinski definition) is 4. The number of nitrogens with one attached hydrogen (secondary N) is 1. The Morgan fingerprint density at radius 2 is 2.12 bits per heavy atom. The van der Waals surface area contributed by atoms with Crippen molar-refractivity contribution in [2.24, 2.45) is 5.92 Å². The molecule has 4 rings (SSSR count). The number of rotatable bonds is 4. The van der Waals surface area contributed by atoms with E-state index >= 15 is 0 Å². The molecule has 1 atom stereocenters. The number of amides is 2. The van der Waals surface area contributed by atoms with Crippen LogP contribution in [-0.2, 0) is 16.1 Å². The maximum Gasteiger partial charge on any atom is 0.225 e. The molecular weight excluding hydrogens is 306 g/mol. The SMILES string of the molecule is CNC(=O)C1CC(=O)N(C2CN(Cc3cccc4ccoc34)C2)C1. The summed E-state index contributed by atoms with van der Waals surface area (Å²) in [5, 5.41) is 3.76. The van der Waals surface area contributed by atoms with Crippen molar-refractivity contribution in [1.82, 2.24) is 15.1 Å². The highest BCUT2D eigenvalue weighted by Crippen LogP contribution is 2.28. The van der Waals surface area contributed by atoms with Crippen LogP contribution in [0.2, 0.25) is 0 Å². The molecular formula is C18H21N3O3. The van der Waals surface area contributed by atoms with Crippen LogP contribution in [-0.4, -0.2) is 54.3 Å². The molecule has 1 N–H and O–H groups in total. The number of nitrogens with zero attached hydrogens (tertiary/aromatic N) is 2. The van der Waals surface area contributed by atoms with Crippen LogP contribution in [0, 0.1) is 5.92 Å². The number of benzene rings is 1. The van der Waals surface area contributed by atoms with Gasteiger partial charge in [0.2, 0.25) is 11.8 Å². The van der Waals surface area contributed by atoms with Crippen LogP contribution in [0.5, 0.6) is 0 Å². The second-order valence-corrected chi connectivity index (χ2v) is 6.67. The van der Waals surface area contributed by atoms with E-state index in [9.17, 15) is 9.59 Å². The largest absolute Gasteiger partial charge is 0.464 e. The number of hydrogen-bond donors (Lipinski definition) is 1. The number of carbonyl (C=O) groups is 2. The van der Waals surface area contributed by atoms with Gasteiger partial charge in [0.15, 0.2) is 0 Å². The first-order valence-electron chi connectivity index (χ1n) is 8.34. The average Bonchev–Trinajstić information content (AvgIpc) is 3.16. The molecule has 1 aromatic carbocycles. The Hall–Kier alpha value is -2.34. The summed E-state index contributed by atoms with van der Waals surface area (Å²) in [7, 11) is 1.62. The van der Waals surface area contributed by atoms with Gasteiger partial charge in [0.25, 0.3) is 0 Å². The van der Waals surface area contributed by atoms with Crippen molar-refractivity contribution in [2.45, 2.75) is 19.0 Å². The van der Waals surface area contributed by atoms with Gasteiger partial charge in [0.05, 0.1) is 18.2 Å². The molecule has 24 heavy (non-hydrogen) atoms. The van der Waals surface area contributed by atoms with Gasteiger partial charge in [-0.05, 0) is 6.07 Å². The molecule has 2 aliphatic rings. The van der Waals surface area contributed by atoms with Crippen LogP contribution < -0.4 is 5.32 Å². The fourth-order valence-corrected chi connectivity index (χ4v) is 3.75. The first-order valence-corrected chi connectivity index (χ1v) is 8.34. The second kappa shape index (κ2) is 5.94. The Bertz CT molecular complexity index is 779. The molecule has 2 amide bonds. The lowest BCUT2D eigenvalue weighted by molar-refractivity contribution is -0.133. The minimum atomic E-state index is -0.201. The molecule has 126 valence electrons. The summed E-state index contributed by atoms with van der Waals surface area (Å²) in [5.41, 5.74) is 2.12. The fraction of sp³-hybridized carbons (Fsp3) is 0.444. The van der Waals surface area contributed by atoms with Crippen molar-refractivity contribution >= 4 is 22.8 Å². The molecule has 3 heterocycles. The van der Waals surface area contributed by atoms with E-state index in [-0.39, 0.29) is 23.8 Å². The Morgan fingerprint density at radius 3 is 2.92 bits per heavy atom. The third kappa shape index (κ3) is 2.57. The van der Waals surface area contributed by atoms with Gasteiger partial charge in [0, 0.05) is 50.6 Å². The maximum absolute atomic E-state index is 12.2. The van der Waals surface area contributed by atoms with Crippen LogP contribution in [0.1, 0.15) is 12.0 Å². The van der Waals surface area contributed by atoms with Gasteiger partial charge < -0.3 is 14.6 Å². The van der Waals surface area contributed by atoms with E-state index in [1.54, 1.807) is 13.3 Å². The van der Waals surface area contributed by atoms with Crippen LogP contribution in [0.15, 0.2) is 34.9 Å². The third-order valence-corrected chi connectivity index (χ3v) is 5.11. The van der Waals surface area contributed by atoms with E-state index in [2.05, 4.69) is 16.3 Å². The molecule has 0 radical (unpaired) electrons. The van der Waals surface area contributed by atoms with Gasteiger partial charge in [-0.25, -0.2) is 0 Å². The first-order chi connectivity index (χ1) is 11.7. The third-order valence-electron chi connectivity index (χ3n) is 5.11. The highest BCUT2D eigenvalue weighted by Gasteiger charge is 2.41. The van der Waals surface area contributed by atoms with Crippen molar-refractivity contribution < 1.29 is 14.0 Å². The van der Waals surface area contributed by atoms with E-state index in [1.165, 1.54) is 5.56 Å². The first kappa shape index (κ1) is 15.2. The van der Waals surface area contributed by atoms with Crippen molar-refractivity contribution in [1.29, 1.82) is 0 Å². The molecule has 1 aromatic heterocycles. The number of furan rings is 1. The summed E-state index contributed by atoms with van der Waals surface area (Å²) in [6.07, 6.45) is 2.05. The zero-order valence-corrected chi connectivity index (χ0v) is 13.7. The van der Waals surface area contributed by atoms with Crippen molar-refractivity contribution in [3.63, 3.8) is 0 Å². The normalized spacial score (nSPS) is 22.1. The van der Waals surface area contributed by atoms with Gasteiger partial charge in [-0.3, -0.25) is 14.5 Å². The monoisotopic (exact) mass is 327 g/mol. The molecule has 6 nitrogen and oxygen atoms in total. The summed E-state index contributed by atoms with van der Waals surface area (Å²) >= 11 is 0. The number of likely N-dealkylation sites (tertiary alicyclic amines) is 2. The predicted octanol–water partition coefficient (Wildman–Crippen LogP) is 1.21. The molecule has 2 aromatic rings. The van der Waals surface area contributed by atoms with E-state index < -0.39 is 0 Å². The van der Waals surface area contributed by atoms with Gasteiger partial charge in [-0.2, -0.15) is 0 Å². The summed E-state index contributed by atoms with van der Waals surface area (Å²) in [6, 6.07) is 8.37. The van der Waals surface area contributed by atoms with Crippen molar-refractivity contribution in [3.05, 3.63) is 36.1 Å². The topological polar surface area (TPSA) is 65.8 Å². The van der Waals surface area contributed by atoms with Gasteiger partial charge in [-0.1, -0.05) is 18.2 Å². The van der Waals surface area contributed by atoms with Crippen LogP contribution in [0.4, 0.5) is 0 Å². The second-order valence-electron chi connectivity index (χ2n) is 6.67. The Labute approximate surface area is 140 Å². The molecule has 2 aliphatic heterocycles. The average molecular weight is 327 g/mol. The van der Waals surface area contributed by atoms with Crippen LogP contribution >= 0.6 is 0 Å². The minimum Gasteiger partial charge on any atom is -0.464 e. The predicted molar refractivity (Wildman–Crippen MR) is 89.2 cm³/mol. The minimum absolute atomic E-state index is 0.0356. The van der Waals surface area contributed by atoms with Crippen molar-refractivity contribution in [3.8, 4) is 0 Å². The zero-order valence-electron chi connectivity index (χ0n) is 13.7. The number of carbonyl (C=O) groups excluding carboxylic acids is 2. The Kier molecular flexibility index (Phi) is 3.76. The summed E-state index contributed by atoms with van der Waals surface area (Å²) in [6.45, 7) is 3.07. The highest BCUT2D eigenvalue weighted by molar-refractivity contribution is 5.89. The van der Waals surface area contributed by atoms with E-state index in [0.717, 1.165) is 30.6 Å². The molecule has 2 saturated heterocycles. The van der Waals surface area contributed by atoms with Gasteiger partial charge in [0.1, 0.15) is 5.58 Å². The van der Waals surface area contributed by atoms with Gasteiger partial charge >= 0.3 is 0 Å². The summed E-state index contributed by atoms with van der Waals surface area (Å²) in [4.78, 5) is 28.1. The lowest BCUT2D eigenvalue weighted by Crippen LogP contribution is -2.59. The van der Waals surface area contributed by atoms with E-state index in [1.807, 2.05) is 23.1 Å². The lowest BCUT2D eigenvalue weighted by atomic mass is 10.0. The molecule has 0 aliphatic carbocycles. The Morgan fingerprint density at radius 1 is 1.29 bits per heavy atom. The standard InChI is InChI=1S/C18H21N3O3/c1-19-18(23)14-7-16(22)21(9-14)15-10-20(11-15)8-13-4-2-3-12-5-6-24-17(12)13/h2-6,14-15H,7-11H2,1H3,(H,19,23). The maximum atomic E-state index is 12.2. The zero-order chi connectivity index (χ0) is 16.7. The van der Waals surface area contributed by atoms with Crippen LogP contribution in [0.25, 0.3) is 11.0 Å². The highest BCUT2D eigenvalue weighted by atomic mass is 16.3. The summed E-state index contributed by atoms with van der Waals surface area (Å²) in [5.74, 6) is -0.138. The summed E-state index contributed by atoms with van der Waals surface area (Å²) < 4.78 is 5.58.